The van der Waals surface area contributed by atoms with Crippen LogP contribution in [0.15, 0.2) is 6.20 Å². The SMILES string of the molecule is CSC(C)(C)CNC(=O)NCCn1cc(C(=O)O)nn1. The smallest absolute Gasteiger partial charge is 0.358 e. The maximum Gasteiger partial charge on any atom is 0.358 e. The van der Waals surface area contributed by atoms with Crippen LogP contribution in [0.3, 0.4) is 0 Å². The minimum atomic E-state index is -1.12. The first kappa shape index (κ1) is 16.3. The molecular weight excluding hydrogens is 282 g/mol. The van der Waals surface area contributed by atoms with Gasteiger partial charge in [0, 0.05) is 17.8 Å². The molecule has 112 valence electrons. The highest BCUT2D eigenvalue weighted by Crippen LogP contribution is 2.19. The highest BCUT2D eigenvalue weighted by Gasteiger charge is 2.16. The molecule has 1 heterocycles. The number of aromatic nitrogens is 3. The molecule has 2 amide bonds. The number of thioether (sulfide) groups is 1. The maximum atomic E-state index is 11.5. The van der Waals surface area contributed by atoms with E-state index in [0.717, 1.165) is 0 Å². The monoisotopic (exact) mass is 301 g/mol. The van der Waals surface area contributed by atoms with Crippen LogP contribution in [0, 0.1) is 0 Å². The van der Waals surface area contributed by atoms with Gasteiger partial charge in [0.2, 0.25) is 0 Å². The lowest BCUT2D eigenvalue weighted by Gasteiger charge is -2.22. The number of carboxylic acid groups (broad SMARTS) is 1. The predicted octanol–water partition coefficient (Wildman–Crippen LogP) is 0.417. The number of carboxylic acids is 1. The summed E-state index contributed by atoms with van der Waals surface area (Å²) in [6.45, 7) is 5.35. The fraction of sp³-hybridized carbons (Fsp3) is 0.636. The summed E-state index contributed by atoms with van der Waals surface area (Å²) in [6.07, 6.45) is 3.31. The third-order valence-corrected chi connectivity index (χ3v) is 3.86. The second-order valence-corrected chi connectivity index (χ2v) is 6.26. The van der Waals surface area contributed by atoms with Crippen LogP contribution in [0.1, 0.15) is 24.3 Å². The Kier molecular flexibility index (Phi) is 5.81. The molecule has 0 aromatic carbocycles. The van der Waals surface area contributed by atoms with Gasteiger partial charge in [0.05, 0.1) is 12.7 Å². The van der Waals surface area contributed by atoms with E-state index in [2.05, 4.69) is 20.9 Å². The van der Waals surface area contributed by atoms with Gasteiger partial charge in [-0.05, 0) is 20.1 Å². The van der Waals surface area contributed by atoms with Crippen molar-refractivity contribution in [2.75, 3.05) is 19.3 Å². The molecule has 0 unspecified atom stereocenters. The maximum absolute atomic E-state index is 11.5. The molecule has 1 aromatic heterocycles. The number of urea groups is 1. The van der Waals surface area contributed by atoms with Crippen molar-refractivity contribution in [1.82, 2.24) is 25.6 Å². The van der Waals surface area contributed by atoms with Crippen LogP contribution in [0.25, 0.3) is 0 Å². The standard InChI is InChI=1S/C11H19N5O3S/c1-11(2,20-3)7-13-10(19)12-4-5-16-6-8(9(17)18)14-15-16/h6H,4-5,7H2,1-3H3,(H,17,18)(H2,12,13,19). The number of hydrogen-bond donors (Lipinski definition) is 3. The lowest BCUT2D eigenvalue weighted by Crippen LogP contribution is -2.42. The fourth-order valence-electron chi connectivity index (χ4n) is 1.22. The van der Waals surface area contributed by atoms with Crippen molar-refractivity contribution in [3.63, 3.8) is 0 Å². The molecule has 0 bridgehead atoms. The molecule has 0 radical (unpaired) electrons. The first-order chi connectivity index (χ1) is 9.34. The first-order valence-electron chi connectivity index (χ1n) is 6.04. The third-order valence-electron chi connectivity index (χ3n) is 2.61. The molecule has 0 spiro atoms. The Morgan fingerprint density at radius 3 is 2.70 bits per heavy atom. The molecule has 0 aliphatic rings. The van der Waals surface area contributed by atoms with Crippen molar-refractivity contribution in [3.05, 3.63) is 11.9 Å². The normalized spacial score (nSPS) is 11.2. The summed E-state index contributed by atoms with van der Waals surface area (Å²) < 4.78 is 1.36. The molecule has 0 aliphatic heterocycles. The van der Waals surface area contributed by atoms with Gasteiger partial charge in [0.15, 0.2) is 5.69 Å². The van der Waals surface area contributed by atoms with E-state index in [4.69, 9.17) is 5.11 Å². The largest absolute Gasteiger partial charge is 0.476 e. The third kappa shape index (κ3) is 5.47. The van der Waals surface area contributed by atoms with Crippen molar-refractivity contribution >= 4 is 23.8 Å². The summed E-state index contributed by atoms with van der Waals surface area (Å²) in [4.78, 5) is 22.1. The predicted molar refractivity (Wildman–Crippen MR) is 76.0 cm³/mol. The van der Waals surface area contributed by atoms with Crippen LogP contribution in [0.4, 0.5) is 4.79 Å². The molecule has 0 saturated heterocycles. The second kappa shape index (κ2) is 7.13. The zero-order valence-electron chi connectivity index (χ0n) is 11.7. The van der Waals surface area contributed by atoms with Gasteiger partial charge in [-0.2, -0.15) is 11.8 Å². The van der Waals surface area contributed by atoms with E-state index in [-0.39, 0.29) is 16.5 Å². The summed E-state index contributed by atoms with van der Waals surface area (Å²) >= 11 is 1.67. The van der Waals surface area contributed by atoms with E-state index in [1.807, 2.05) is 20.1 Å². The van der Waals surface area contributed by atoms with Crippen LogP contribution in [-0.2, 0) is 6.54 Å². The molecule has 3 N–H and O–H groups in total. The second-order valence-electron chi connectivity index (χ2n) is 4.75. The molecule has 0 aliphatic carbocycles. The van der Waals surface area contributed by atoms with Crippen molar-refractivity contribution in [3.8, 4) is 0 Å². The minimum absolute atomic E-state index is 0.0143. The topological polar surface area (TPSA) is 109 Å². The summed E-state index contributed by atoms with van der Waals surface area (Å²) in [7, 11) is 0. The number of carbonyl (C=O) groups excluding carboxylic acids is 1. The number of nitrogens with zero attached hydrogens (tertiary/aromatic N) is 3. The number of carbonyl (C=O) groups is 2. The van der Waals surface area contributed by atoms with Crippen LogP contribution >= 0.6 is 11.8 Å². The average Bonchev–Trinajstić information content (AvgIpc) is 2.85. The Morgan fingerprint density at radius 2 is 2.15 bits per heavy atom. The van der Waals surface area contributed by atoms with Crippen LogP contribution < -0.4 is 10.6 Å². The highest BCUT2D eigenvalue weighted by molar-refractivity contribution is 7.99. The average molecular weight is 301 g/mol. The molecule has 20 heavy (non-hydrogen) atoms. The molecule has 8 nitrogen and oxygen atoms in total. The molecular formula is C11H19N5O3S. The van der Waals surface area contributed by atoms with Crippen molar-refractivity contribution in [2.24, 2.45) is 0 Å². The Bertz CT molecular complexity index is 474. The number of amides is 2. The zero-order chi connectivity index (χ0) is 15.2. The van der Waals surface area contributed by atoms with Gasteiger partial charge >= 0.3 is 12.0 Å². The molecule has 0 fully saturated rings. The summed E-state index contributed by atoms with van der Waals surface area (Å²) in [5.41, 5.74) is -0.115. The zero-order valence-corrected chi connectivity index (χ0v) is 12.5. The number of rotatable bonds is 7. The van der Waals surface area contributed by atoms with Gasteiger partial charge < -0.3 is 15.7 Å². The van der Waals surface area contributed by atoms with E-state index in [9.17, 15) is 9.59 Å². The Balaban J connectivity index is 2.26. The number of hydrogen-bond acceptors (Lipinski definition) is 5. The van der Waals surface area contributed by atoms with E-state index < -0.39 is 5.97 Å². The summed E-state index contributed by atoms with van der Waals surface area (Å²) in [5, 5.41) is 21.2. The van der Waals surface area contributed by atoms with E-state index in [1.165, 1.54) is 10.9 Å². The molecule has 1 rings (SSSR count). The highest BCUT2D eigenvalue weighted by atomic mass is 32.2. The summed E-state index contributed by atoms with van der Waals surface area (Å²) in [5.74, 6) is -1.12. The van der Waals surface area contributed by atoms with E-state index >= 15 is 0 Å². The molecule has 0 saturated carbocycles. The lowest BCUT2D eigenvalue weighted by atomic mass is 10.2. The molecule has 0 atom stereocenters. The Hall–Kier alpha value is -1.77. The number of aromatic carboxylic acids is 1. The quantitative estimate of drug-likeness (QED) is 0.673. The summed E-state index contributed by atoms with van der Waals surface area (Å²) in [6, 6.07) is -0.259. The fourth-order valence-corrected chi connectivity index (χ4v) is 1.43. The Labute approximate surface area is 121 Å². The van der Waals surface area contributed by atoms with Gasteiger partial charge in [-0.25, -0.2) is 14.3 Å². The van der Waals surface area contributed by atoms with Gasteiger partial charge in [-0.1, -0.05) is 5.21 Å². The number of nitrogens with one attached hydrogen (secondary N) is 2. The van der Waals surface area contributed by atoms with E-state index in [1.54, 1.807) is 11.8 Å². The minimum Gasteiger partial charge on any atom is -0.476 e. The van der Waals surface area contributed by atoms with Crippen LogP contribution in [0.2, 0.25) is 0 Å². The first-order valence-corrected chi connectivity index (χ1v) is 7.27. The molecule has 1 aromatic rings. The van der Waals surface area contributed by atoms with Crippen molar-refractivity contribution < 1.29 is 14.7 Å². The van der Waals surface area contributed by atoms with E-state index in [0.29, 0.717) is 19.6 Å². The van der Waals surface area contributed by atoms with Gasteiger partial charge in [0.25, 0.3) is 0 Å². The Morgan fingerprint density at radius 1 is 1.45 bits per heavy atom. The van der Waals surface area contributed by atoms with Crippen molar-refractivity contribution in [1.29, 1.82) is 0 Å². The van der Waals surface area contributed by atoms with Crippen molar-refractivity contribution in [2.45, 2.75) is 25.1 Å². The van der Waals surface area contributed by atoms with Gasteiger partial charge in [-0.15, -0.1) is 5.10 Å². The van der Waals surface area contributed by atoms with Gasteiger partial charge in [0.1, 0.15) is 0 Å². The molecule has 9 heteroatoms. The lowest BCUT2D eigenvalue weighted by molar-refractivity contribution is 0.0690. The van der Waals surface area contributed by atoms with Crippen LogP contribution in [0.5, 0.6) is 0 Å². The van der Waals surface area contributed by atoms with Gasteiger partial charge in [-0.3, -0.25) is 0 Å². The van der Waals surface area contributed by atoms with Crippen LogP contribution in [-0.4, -0.2) is 56.2 Å².